The number of ether oxygens (including phenoxy) is 1. The first kappa shape index (κ1) is 13.8. The molecule has 0 fully saturated rings. The minimum atomic E-state index is -0.415. The Morgan fingerprint density at radius 2 is 2.25 bits per heavy atom. The number of aromatic nitrogens is 2. The van der Waals surface area contributed by atoms with Crippen LogP contribution in [-0.4, -0.2) is 23.0 Å². The van der Waals surface area contributed by atoms with Crippen LogP contribution in [-0.2, 0) is 6.54 Å². The zero-order chi connectivity index (χ0) is 14.5. The van der Waals surface area contributed by atoms with E-state index >= 15 is 0 Å². The second-order valence-electron chi connectivity index (χ2n) is 4.28. The van der Waals surface area contributed by atoms with Crippen LogP contribution in [0.4, 0.5) is 0 Å². The zero-order valence-electron chi connectivity index (χ0n) is 11.3. The third-order valence-corrected chi connectivity index (χ3v) is 2.76. The summed E-state index contributed by atoms with van der Waals surface area (Å²) in [4.78, 5) is 30.4. The van der Waals surface area contributed by atoms with Gasteiger partial charge in [-0.1, -0.05) is 0 Å². The zero-order valence-corrected chi connectivity index (χ0v) is 11.3. The molecule has 0 spiro atoms. The molecular formula is C14H15N3O3. The lowest BCUT2D eigenvalue weighted by molar-refractivity contribution is 0.0949. The lowest BCUT2D eigenvalue weighted by Crippen LogP contribution is -2.28. The van der Waals surface area contributed by atoms with E-state index in [0.717, 1.165) is 5.56 Å². The number of H-pyrrole nitrogens is 1. The van der Waals surface area contributed by atoms with Gasteiger partial charge >= 0.3 is 0 Å². The van der Waals surface area contributed by atoms with Gasteiger partial charge in [-0.25, -0.2) is 4.98 Å². The quantitative estimate of drug-likeness (QED) is 0.871. The van der Waals surface area contributed by atoms with Crippen molar-refractivity contribution in [1.82, 2.24) is 15.3 Å². The van der Waals surface area contributed by atoms with E-state index in [0.29, 0.717) is 18.1 Å². The highest BCUT2D eigenvalue weighted by Gasteiger charge is 2.10. The van der Waals surface area contributed by atoms with Crippen molar-refractivity contribution in [1.29, 1.82) is 0 Å². The highest BCUT2D eigenvalue weighted by molar-refractivity contribution is 5.93. The molecule has 2 N–H and O–H groups in total. The number of aromatic amines is 1. The Morgan fingerprint density at radius 3 is 2.95 bits per heavy atom. The summed E-state index contributed by atoms with van der Waals surface area (Å²) < 4.78 is 5.00. The minimum absolute atomic E-state index is 0.0941. The number of hydrogen-bond donors (Lipinski definition) is 2. The Kier molecular flexibility index (Phi) is 4.14. The molecular weight excluding hydrogens is 258 g/mol. The van der Waals surface area contributed by atoms with Gasteiger partial charge in [-0.2, -0.15) is 0 Å². The average molecular weight is 273 g/mol. The number of nitrogens with zero attached hydrogens (tertiary/aromatic N) is 1. The van der Waals surface area contributed by atoms with Gasteiger partial charge < -0.3 is 15.0 Å². The first-order valence-electron chi connectivity index (χ1n) is 6.06. The molecule has 0 aliphatic heterocycles. The molecule has 0 aromatic carbocycles. The van der Waals surface area contributed by atoms with E-state index in [-0.39, 0.29) is 11.0 Å². The van der Waals surface area contributed by atoms with Crippen LogP contribution in [0.1, 0.15) is 21.6 Å². The van der Waals surface area contributed by atoms with Crippen molar-refractivity contribution in [2.75, 3.05) is 7.11 Å². The number of aryl methyl sites for hydroxylation is 1. The molecule has 6 nitrogen and oxygen atoms in total. The third-order valence-electron chi connectivity index (χ3n) is 2.76. The number of carbonyl (C=O) groups excluding carboxylic acids is 1. The van der Waals surface area contributed by atoms with E-state index in [9.17, 15) is 9.59 Å². The van der Waals surface area contributed by atoms with Gasteiger partial charge in [0.15, 0.2) is 5.43 Å². The molecule has 0 unspecified atom stereocenters. The number of amides is 1. The molecule has 2 heterocycles. The van der Waals surface area contributed by atoms with Gasteiger partial charge in [-0.05, 0) is 18.6 Å². The molecule has 2 aromatic heterocycles. The smallest absolute Gasteiger partial charge is 0.257 e. The Morgan fingerprint density at radius 1 is 1.45 bits per heavy atom. The van der Waals surface area contributed by atoms with Gasteiger partial charge in [0.2, 0.25) is 5.88 Å². The maximum absolute atomic E-state index is 11.9. The largest absolute Gasteiger partial charge is 0.481 e. The van der Waals surface area contributed by atoms with E-state index in [1.54, 1.807) is 25.3 Å². The van der Waals surface area contributed by atoms with Crippen LogP contribution in [0.5, 0.6) is 5.88 Å². The fourth-order valence-corrected chi connectivity index (χ4v) is 1.70. The first-order chi connectivity index (χ1) is 9.60. The number of carbonyl (C=O) groups is 1. The molecule has 1 amide bonds. The maximum atomic E-state index is 11.9. The number of hydrogen-bond acceptors (Lipinski definition) is 4. The predicted octanol–water partition coefficient (Wildman–Crippen LogP) is 1.02. The van der Waals surface area contributed by atoms with Crippen molar-refractivity contribution in [3.05, 3.63) is 57.6 Å². The van der Waals surface area contributed by atoms with E-state index in [2.05, 4.69) is 15.3 Å². The van der Waals surface area contributed by atoms with Gasteiger partial charge in [0.1, 0.15) is 5.56 Å². The number of pyridine rings is 2. The van der Waals surface area contributed by atoms with E-state index in [1.807, 2.05) is 0 Å². The van der Waals surface area contributed by atoms with Crippen LogP contribution >= 0.6 is 0 Å². The lowest BCUT2D eigenvalue weighted by atomic mass is 10.2. The Balaban J connectivity index is 2.06. The van der Waals surface area contributed by atoms with Gasteiger partial charge in [-0.15, -0.1) is 0 Å². The van der Waals surface area contributed by atoms with E-state index in [4.69, 9.17) is 4.74 Å². The van der Waals surface area contributed by atoms with Crippen LogP contribution in [0.15, 0.2) is 35.4 Å². The average Bonchev–Trinajstić information content (AvgIpc) is 2.45. The molecule has 0 bridgehead atoms. The van der Waals surface area contributed by atoms with Crippen LogP contribution in [0, 0.1) is 6.92 Å². The summed E-state index contributed by atoms with van der Waals surface area (Å²) in [5.41, 5.74) is 1.35. The summed E-state index contributed by atoms with van der Waals surface area (Å²) in [5, 5.41) is 2.68. The fraction of sp³-hybridized carbons (Fsp3) is 0.214. The second-order valence-corrected chi connectivity index (χ2v) is 4.28. The summed E-state index contributed by atoms with van der Waals surface area (Å²) in [6, 6.07) is 4.88. The molecule has 20 heavy (non-hydrogen) atoms. The highest BCUT2D eigenvalue weighted by Crippen LogP contribution is 2.08. The van der Waals surface area contributed by atoms with Crippen LogP contribution in [0.3, 0.4) is 0 Å². The van der Waals surface area contributed by atoms with Crippen molar-refractivity contribution in [2.24, 2.45) is 0 Å². The van der Waals surface area contributed by atoms with Crippen LogP contribution < -0.4 is 15.5 Å². The maximum Gasteiger partial charge on any atom is 0.257 e. The summed E-state index contributed by atoms with van der Waals surface area (Å²) in [5.74, 6) is 0.0620. The normalized spacial score (nSPS) is 10.1. The summed E-state index contributed by atoms with van der Waals surface area (Å²) in [6.45, 7) is 2.05. The molecule has 0 aliphatic carbocycles. The number of nitrogens with one attached hydrogen (secondary N) is 2. The Labute approximate surface area is 115 Å². The van der Waals surface area contributed by atoms with Crippen molar-refractivity contribution < 1.29 is 9.53 Å². The highest BCUT2D eigenvalue weighted by atomic mass is 16.5. The molecule has 104 valence electrons. The molecule has 0 atom stereocenters. The monoisotopic (exact) mass is 273 g/mol. The van der Waals surface area contributed by atoms with E-state index < -0.39 is 5.91 Å². The van der Waals surface area contributed by atoms with Crippen molar-refractivity contribution in [3.63, 3.8) is 0 Å². The van der Waals surface area contributed by atoms with E-state index in [1.165, 1.54) is 19.4 Å². The number of rotatable bonds is 4. The predicted molar refractivity (Wildman–Crippen MR) is 73.8 cm³/mol. The third kappa shape index (κ3) is 3.23. The molecule has 0 radical (unpaired) electrons. The molecule has 2 aromatic rings. The Bertz CT molecular complexity index is 679. The molecule has 0 aliphatic rings. The van der Waals surface area contributed by atoms with Gasteiger partial charge in [0, 0.05) is 36.8 Å². The fourth-order valence-electron chi connectivity index (χ4n) is 1.70. The van der Waals surface area contributed by atoms with Crippen molar-refractivity contribution >= 4 is 5.91 Å². The minimum Gasteiger partial charge on any atom is -0.481 e. The standard InChI is InChI=1S/C14H15N3O3/c1-9-5-12(18)11(8-16-9)14(19)17-7-10-3-4-15-13(6-10)20-2/h3-6,8H,7H2,1-2H3,(H,16,18)(H,17,19). The summed E-state index contributed by atoms with van der Waals surface area (Å²) >= 11 is 0. The summed E-state index contributed by atoms with van der Waals surface area (Å²) in [6.07, 6.45) is 3.01. The van der Waals surface area contributed by atoms with Gasteiger partial charge in [0.25, 0.3) is 5.91 Å². The topological polar surface area (TPSA) is 84.1 Å². The van der Waals surface area contributed by atoms with Crippen LogP contribution in [0.2, 0.25) is 0 Å². The van der Waals surface area contributed by atoms with Crippen LogP contribution in [0.25, 0.3) is 0 Å². The summed E-state index contributed by atoms with van der Waals surface area (Å²) in [7, 11) is 1.52. The number of methoxy groups -OCH3 is 1. The first-order valence-corrected chi connectivity index (χ1v) is 6.06. The molecule has 6 heteroatoms. The Hall–Kier alpha value is -2.63. The lowest BCUT2D eigenvalue weighted by Gasteiger charge is -2.06. The van der Waals surface area contributed by atoms with Gasteiger partial charge in [0.05, 0.1) is 7.11 Å². The second kappa shape index (κ2) is 6.01. The molecule has 2 rings (SSSR count). The van der Waals surface area contributed by atoms with Crippen molar-refractivity contribution in [3.8, 4) is 5.88 Å². The SMILES string of the molecule is COc1cc(CNC(=O)c2c[nH]c(C)cc2=O)ccn1. The van der Waals surface area contributed by atoms with Crippen molar-refractivity contribution in [2.45, 2.75) is 13.5 Å². The molecule has 0 saturated carbocycles. The molecule has 0 saturated heterocycles. The van der Waals surface area contributed by atoms with Gasteiger partial charge in [-0.3, -0.25) is 9.59 Å².